The van der Waals surface area contributed by atoms with Crippen molar-refractivity contribution in [1.82, 2.24) is 5.32 Å². The monoisotopic (exact) mass is 372 g/mol. The molecule has 26 heavy (non-hydrogen) atoms. The first-order chi connectivity index (χ1) is 12.4. The zero-order valence-corrected chi connectivity index (χ0v) is 16.3. The summed E-state index contributed by atoms with van der Waals surface area (Å²) in [5.74, 6) is 2.23. The number of thiocarbonyl (C=S) groups is 1. The van der Waals surface area contributed by atoms with Crippen LogP contribution in [0, 0.1) is 0 Å². The Kier molecular flexibility index (Phi) is 5.23. The van der Waals surface area contributed by atoms with Gasteiger partial charge in [0.25, 0.3) is 0 Å². The Morgan fingerprint density at radius 3 is 2.58 bits per heavy atom. The minimum Gasteiger partial charge on any atom is -0.493 e. The molecule has 0 aromatic heterocycles. The van der Waals surface area contributed by atoms with E-state index in [9.17, 15) is 0 Å². The van der Waals surface area contributed by atoms with Crippen LogP contribution in [0.3, 0.4) is 0 Å². The maximum atomic E-state index is 6.07. The number of ether oxygens (including phenoxy) is 3. The standard InChI is InChI=1S/C20H24N2O3S/c1-20(2)12-15(14-7-5-6-8-16(14)25-20)22-19(26)21-13-9-10-17(23-3)18(11-13)24-4/h5-11,15H,12H2,1-4H3,(H2,21,22,26)/t15-/m1/s1. The fourth-order valence-corrected chi connectivity index (χ4v) is 3.43. The van der Waals surface area contributed by atoms with E-state index in [0.717, 1.165) is 23.4 Å². The van der Waals surface area contributed by atoms with Gasteiger partial charge in [0.15, 0.2) is 16.6 Å². The van der Waals surface area contributed by atoms with E-state index in [2.05, 4.69) is 30.5 Å². The summed E-state index contributed by atoms with van der Waals surface area (Å²) in [6.45, 7) is 4.17. The number of nitrogens with one attached hydrogen (secondary N) is 2. The summed E-state index contributed by atoms with van der Waals surface area (Å²) in [5, 5.41) is 7.18. The fraction of sp³-hybridized carbons (Fsp3) is 0.350. The van der Waals surface area contributed by atoms with Gasteiger partial charge in [0, 0.05) is 23.7 Å². The molecule has 0 fully saturated rings. The molecule has 0 radical (unpaired) electrons. The zero-order valence-electron chi connectivity index (χ0n) is 15.5. The van der Waals surface area contributed by atoms with E-state index >= 15 is 0 Å². The lowest BCUT2D eigenvalue weighted by atomic mass is 9.90. The predicted octanol–water partition coefficient (Wildman–Crippen LogP) is 4.29. The summed E-state index contributed by atoms with van der Waals surface area (Å²) in [4.78, 5) is 0. The first-order valence-electron chi connectivity index (χ1n) is 8.49. The van der Waals surface area contributed by atoms with Crippen molar-refractivity contribution in [2.75, 3.05) is 19.5 Å². The first kappa shape index (κ1) is 18.3. The highest BCUT2D eigenvalue weighted by Gasteiger charge is 2.33. The molecule has 0 unspecified atom stereocenters. The largest absolute Gasteiger partial charge is 0.493 e. The molecular weight excluding hydrogens is 348 g/mol. The Hall–Kier alpha value is -2.47. The molecule has 0 saturated carbocycles. The van der Waals surface area contributed by atoms with Crippen molar-refractivity contribution >= 4 is 23.0 Å². The predicted molar refractivity (Wildman–Crippen MR) is 107 cm³/mol. The summed E-state index contributed by atoms with van der Waals surface area (Å²) in [6, 6.07) is 13.7. The highest BCUT2D eigenvalue weighted by Crippen LogP contribution is 2.39. The smallest absolute Gasteiger partial charge is 0.171 e. The third-order valence-electron chi connectivity index (χ3n) is 4.32. The van der Waals surface area contributed by atoms with Crippen LogP contribution in [0.25, 0.3) is 0 Å². The quantitative estimate of drug-likeness (QED) is 0.781. The van der Waals surface area contributed by atoms with E-state index in [1.165, 1.54) is 0 Å². The molecule has 0 spiro atoms. The van der Waals surface area contributed by atoms with Crippen LogP contribution in [0.1, 0.15) is 31.9 Å². The Bertz CT molecular complexity index is 807. The number of hydrogen-bond acceptors (Lipinski definition) is 4. The summed E-state index contributed by atoms with van der Waals surface area (Å²) in [5.41, 5.74) is 1.69. The summed E-state index contributed by atoms with van der Waals surface area (Å²) in [7, 11) is 3.22. The highest BCUT2D eigenvalue weighted by molar-refractivity contribution is 7.80. The Labute approximate surface area is 159 Å². The SMILES string of the molecule is COc1ccc(NC(=S)N[C@@H]2CC(C)(C)Oc3ccccc32)cc1OC. The molecule has 3 rings (SSSR count). The molecule has 2 aromatic carbocycles. The van der Waals surface area contributed by atoms with Gasteiger partial charge in [-0.05, 0) is 44.3 Å². The van der Waals surface area contributed by atoms with Gasteiger partial charge in [-0.2, -0.15) is 0 Å². The lowest BCUT2D eigenvalue weighted by Crippen LogP contribution is -2.42. The topological polar surface area (TPSA) is 51.8 Å². The van der Waals surface area contributed by atoms with E-state index in [1.54, 1.807) is 14.2 Å². The van der Waals surface area contributed by atoms with Crippen LogP contribution in [0.4, 0.5) is 5.69 Å². The van der Waals surface area contributed by atoms with Crippen molar-refractivity contribution in [2.24, 2.45) is 0 Å². The maximum absolute atomic E-state index is 6.07. The summed E-state index contributed by atoms with van der Waals surface area (Å²) in [6.07, 6.45) is 0.817. The molecular formula is C20H24N2O3S. The van der Waals surface area contributed by atoms with Gasteiger partial charge in [0.05, 0.1) is 20.3 Å². The molecule has 5 nitrogen and oxygen atoms in total. The van der Waals surface area contributed by atoms with Crippen LogP contribution in [0.15, 0.2) is 42.5 Å². The maximum Gasteiger partial charge on any atom is 0.171 e. The Balaban J connectivity index is 1.74. The number of benzene rings is 2. The van der Waals surface area contributed by atoms with Crippen LogP contribution in [0.5, 0.6) is 17.2 Å². The van der Waals surface area contributed by atoms with Gasteiger partial charge in [-0.3, -0.25) is 0 Å². The molecule has 1 heterocycles. The van der Waals surface area contributed by atoms with Crippen molar-refractivity contribution < 1.29 is 14.2 Å². The van der Waals surface area contributed by atoms with Crippen molar-refractivity contribution in [3.63, 3.8) is 0 Å². The van der Waals surface area contributed by atoms with Gasteiger partial charge in [-0.25, -0.2) is 0 Å². The van der Waals surface area contributed by atoms with Crippen molar-refractivity contribution in [1.29, 1.82) is 0 Å². The second-order valence-electron chi connectivity index (χ2n) is 6.82. The normalized spacial score (nSPS) is 17.5. The van der Waals surface area contributed by atoms with E-state index in [4.69, 9.17) is 26.4 Å². The Morgan fingerprint density at radius 1 is 1.12 bits per heavy atom. The number of fused-ring (bicyclic) bond motifs is 1. The van der Waals surface area contributed by atoms with Crippen LogP contribution < -0.4 is 24.8 Å². The lowest BCUT2D eigenvalue weighted by molar-refractivity contribution is 0.0697. The molecule has 138 valence electrons. The van der Waals surface area contributed by atoms with E-state index in [0.29, 0.717) is 16.6 Å². The molecule has 2 N–H and O–H groups in total. The molecule has 2 aromatic rings. The zero-order chi connectivity index (χ0) is 18.7. The molecule has 0 aliphatic carbocycles. The summed E-state index contributed by atoms with van der Waals surface area (Å²) < 4.78 is 16.7. The number of methoxy groups -OCH3 is 2. The lowest BCUT2D eigenvalue weighted by Gasteiger charge is -2.38. The number of anilines is 1. The number of para-hydroxylation sites is 1. The van der Waals surface area contributed by atoms with Crippen LogP contribution in [-0.4, -0.2) is 24.9 Å². The minimum absolute atomic E-state index is 0.0788. The second-order valence-corrected chi connectivity index (χ2v) is 7.23. The van der Waals surface area contributed by atoms with Gasteiger partial charge in [0.1, 0.15) is 11.4 Å². The molecule has 6 heteroatoms. The number of rotatable bonds is 4. The Morgan fingerprint density at radius 2 is 1.85 bits per heavy atom. The molecule has 0 amide bonds. The van der Waals surface area contributed by atoms with Crippen molar-refractivity contribution in [3.8, 4) is 17.2 Å². The molecule has 1 atom stereocenters. The minimum atomic E-state index is -0.259. The highest BCUT2D eigenvalue weighted by atomic mass is 32.1. The van der Waals surface area contributed by atoms with Gasteiger partial charge >= 0.3 is 0 Å². The second kappa shape index (κ2) is 7.41. The average Bonchev–Trinajstić information content (AvgIpc) is 2.60. The van der Waals surface area contributed by atoms with E-state index in [-0.39, 0.29) is 11.6 Å². The number of hydrogen-bond donors (Lipinski definition) is 2. The van der Waals surface area contributed by atoms with Crippen LogP contribution >= 0.6 is 12.2 Å². The van der Waals surface area contributed by atoms with Crippen LogP contribution in [0.2, 0.25) is 0 Å². The molecule has 1 aliphatic heterocycles. The van der Waals surface area contributed by atoms with Gasteiger partial charge in [-0.1, -0.05) is 18.2 Å². The molecule has 0 saturated heterocycles. The van der Waals surface area contributed by atoms with E-state index < -0.39 is 0 Å². The van der Waals surface area contributed by atoms with Crippen molar-refractivity contribution in [2.45, 2.75) is 31.9 Å². The fourth-order valence-electron chi connectivity index (χ4n) is 3.17. The van der Waals surface area contributed by atoms with Gasteiger partial charge in [-0.15, -0.1) is 0 Å². The molecule has 0 bridgehead atoms. The van der Waals surface area contributed by atoms with Gasteiger partial charge < -0.3 is 24.8 Å². The van der Waals surface area contributed by atoms with E-state index in [1.807, 2.05) is 36.4 Å². The van der Waals surface area contributed by atoms with Crippen LogP contribution in [-0.2, 0) is 0 Å². The van der Waals surface area contributed by atoms with Gasteiger partial charge in [0.2, 0.25) is 0 Å². The van der Waals surface area contributed by atoms with Crippen molar-refractivity contribution in [3.05, 3.63) is 48.0 Å². The average molecular weight is 372 g/mol. The third kappa shape index (κ3) is 4.02. The third-order valence-corrected chi connectivity index (χ3v) is 4.54. The summed E-state index contributed by atoms with van der Waals surface area (Å²) >= 11 is 5.53. The molecule has 1 aliphatic rings. The first-order valence-corrected chi connectivity index (χ1v) is 8.90.